The van der Waals surface area contributed by atoms with Crippen molar-refractivity contribution in [2.45, 2.75) is 31.5 Å². The molecule has 4 nitrogen and oxygen atoms in total. The van der Waals surface area contributed by atoms with Crippen LogP contribution in [0.4, 0.5) is 4.39 Å². The van der Waals surface area contributed by atoms with Gasteiger partial charge in [0.05, 0.1) is 5.56 Å². The summed E-state index contributed by atoms with van der Waals surface area (Å²) in [6.45, 7) is 2.38. The summed E-state index contributed by atoms with van der Waals surface area (Å²) in [5.74, 6) is 0.377. The molecule has 1 aliphatic heterocycles. The second kappa shape index (κ2) is 6.84. The molecule has 0 bridgehead atoms. The zero-order valence-corrected chi connectivity index (χ0v) is 14.0. The van der Waals surface area contributed by atoms with Crippen molar-refractivity contribution >= 4 is 5.91 Å². The Hall–Kier alpha value is -2.40. The van der Waals surface area contributed by atoms with E-state index in [2.05, 4.69) is 10.2 Å². The minimum absolute atomic E-state index is 0.0550. The first-order chi connectivity index (χ1) is 12.2. The molecule has 2 fully saturated rings. The third kappa shape index (κ3) is 3.99. The Bertz CT molecular complexity index is 753. The number of rotatable bonds is 6. The number of benzene rings is 2. The summed E-state index contributed by atoms with van der Waals surface area (Å²) in [7, 11) is 0. The molecule has 1 saturated heterocycles. The summed E-state index contributed by atoms with van der Waals surface area (Å²) in [5.41, 5.74) is 1.69. The van der Waals surface area contributed by atoms with E-state index in [1.165, 1.54) is 12.1 Å². The number of ether oxygens (including phenoxy) is 1. The lowest BCUT2D eigenvalue weighted by atomic mass is 10.1. The summed E-state index contributed by atoms with van der Waals surface area (Å²) in [4.78, 5) is 14.5. The first kappa shape index (κ1) is 16.1. The van der Waals surface area contributed by atoms with Crippen LogP contribution in [-0.2, 0) is 6.54 Å². The van der Waals surface area contributed by atoms with Crippen molar-refractivity contribution < 1.29 is 13.9 Å². The van der Waals surface area contributed by atoms with Gasteiger partial charge < -0.3 is 10.1 Å². The molecule has 2 aromatic rings. The van der Waals surface area contributed by atoms with E-state index in [-0.39, 0.29) is 17.8 Å². The lowest BCUT2D eigenvalue weighted by molar-refractivity contribution is 0.0140. The Morgan fingerprint density at radius 1 is 1.12 bits per heavy atom. The van der Waals surface area contributed by atoms with Gasteiger partial charge in [0.2, 0.25) is 0 Å². The third-order valence-corrected chi connectivity index (χ3v) is 4.58. The Labute approximate surface area is 146 Å². The number of nitrogens with one attached hydrogen (secondary N) is 1. The molecule has 0 spiro atoms. The van der Waals surface area contributed by atoms with Crippen LogP contribution in [0.15, 0.2) is 48.5 Å². The quantitative estimate of drug-likeness (QED) is 0.879. The van der Waals surface area contributed by atoms with Gasteiger partial charge in [0, 0.05) is 25.7 Å². The highest BCUT2D eigenvalue weighted by Crippen LogP contribution is 2.25. The van der Waals surface area contributed by atoms with Crippen LogP contribution in [0, 0.1) is 5.82 Å². The van der Waals surface area contributed by atoms with Crippen LogP contribution in [-0.4, -0.2) is 36.0 Å². The molecule has 1 N–H and O–H groups in total. The molecule has 5 heteroatoms. The summed E-state index contributed by atoms with van der Waals surface area (Å²) >= 11 is 0. The number of carbonyl (C=O) groups is 1. The number of para-hydroxylation sites is 1. The molecule has 0 radical (unpaired) electrons. The number of hydrogen-bond donors (Lipinski definition) is 1. The van der Waals surface area contributed by atoms with Crippen LogP contribution in [0.25, 0.3) is 0 Å². The Morgan fingerprint density at radius 2 is 1.84 bits per heavy atom. The topological polar surface area (TPSA) is 41.6 Å². The minimum Gasteiger partial charge on any atom is -0.487 e. The van der Waals surface area contributed by atoms with Gasteiger partial charge >= 0.3 is 0 Å². The molecule has 1 aliphatic carbocycles. The van der Waals surface area contributed by atoms with Gasteiger partial charge in [-0.05, 0) is 42.7 Å². The Kier molecular flexibility index (Phi) is 4.40. The van der Waals surface area contributed by atoms with E-state index in [0.717, 1.165) is 38.0 Å². The van der Waals surface area contributed by atoms with E-state index >= 15 is 0 Å². The summed E-state index contributed by atoms with van der Waals surface area (Å²) in [6, 6.07) is 14.3. The van der Waals surface area contributed by atoms with Gasteiger partial charge in [-0.15, -0.1) is 0 Å². The fourth-order valence-electron chi connectivity index (χ4n) is 3.00. The lowest BCUT2D eigenvalue weighted by Crippen LogP contribution is -2.53. The zero-order chi connectivity index (χ0) is 17.2. The molecule has 25 heavy (non-hydrogen) atoms. The standard InChI is InChI=1S/C20H21FN2O2/c21-15-7-5-14(6-8-15)11-23-12-17(13-23)25-19-4-2-1-3-18(19)20(24)22-16-9-10-16/h1-8,16-17H,9-13H2,(H,22,24). The number of amides is 1. The Balaban J connectivity index is 1.32. The first-order valence-corrected chi connectivity index (χ1v) is 8.71. The Morgan fingerprint density at radius 3 is 2.56 bits per heavy atom. The average molecular weight is 340 g/mol. The molecular weight excluding hydrogens is 319 g/mol. The van der Waals surface area contributed by atoms with Crippen molar-refractivity contribution in [1.29, 1.82) is 0 Å². The van der Waals surface area contributed by atoms with E-state index in [0.29, 0.717) is 17.4 Å². The normalized spacial score (nSPS) is 17.8. The van der Waals surface area contributed by atoms with E-state index < -0.39 is 0 Å². The van der Waals surface area contributed by atoms with Crippen LogP contribution in [0.2, 0.25) is 0 Å². The van der Waals surface area contributed by atoms with E-state index in [1.807, 2.05) is 24.3 Å². The van der Waals surface area contributed by atoms with Crippen molar-refractivity contribution in [3.05, 3.63) is 65.5 Å². The summed E-state index contributed by atoms with van der Waals surface area (Å²) in [5, 5.41) is 3.01. The van der Waals surface area contributed by atoms with Gasteiger partial charge in [0.25, 0.3) is 5.91 Å². The van der Waals surface area contributed by atoms with Crippen molar-refractivity contribution in [2.75, 3.05) is 13.1 Å². The molecule has 1 amide bonds. The number of likely N-dealkylation sites (tertiary alicyclic amines) is 1. The van der Waals surface area contributed by atoms with Crippen molar-refractivity contribution in [1.82, 2.24) is 10.2 Å². The van der Waals surface area contributed by atoms with Gasteiger partial charge in [-0.3, -0.25) is 9.69 Å². The highest BCUT2D eigenvalue weighted by molar-refractivity contribution is 5.97. The first-order valence-electron chi connectivity index (χ1n) is 8.71. The molecule has 1 saturated carbocycles. The van der Waals surface area contributed by atoms with Crippen molar-refractivity contribution in [2.24, 2.45) is 0 Å². The van der Waals surface area contributed by atoms with Crippen LogP contribution in [0.5, 0.6) is 5.75 Å². The minimum atomic E-state index is -0.213. The lowest BCUT2D eigenvalue weighted by Gasteiger charge is -2.39. The largest absolute Gasteiger partial charge is 0.487 e. The van der Waals surface area contributed by atoms with Crippen LogP contribution >= 0.6 is 0 Å². The van der Waals surface area contributed by atoms with Gasteiger partial charge in [-0.25, -0.2) is 4.39 Å². The molecule has 1 heterocycles. The molecule has 4 rings (SSSR count). The summed E-state index contributed by atoms with van der Waals surface area (Å²) < 4.78 is 19.0. The molecule has 2 aliphatic rings. The van der Waals surface area contributed by atoms with Gasteiger partial charge in [0.15, 0.2) is 0 Å². The fraction of sp³-hybridized carbons (Fsp3) is 0.350. The second-order valence-corrected chi connectivity index (χ2v) is 6.80. The van der Waals surface area contributed by atoms with Crippen LogP contribution in [0.1, 0.15) is 28.8 Å². The molecule has 0 aromatic heterocycles. The van der Waals surface area contributed by atoms with Crippen molar-refractivity contribution in [3.63, 3.8) is 0 Å². The molecule has 0 unspecified atom stereocenters. The van der Waals surface area contributed by atoms with E-state index in [4.69, 9.17) is 4.74 Å². The second-order valence-electron chi connectivity index (χ2n) is 6.80. The highest BCUT2D eigenvalue weighted by Gasteiger charge is 2.30. The van der Waals surface area contributed by atoms with E-state index in [9.17, 15) is 9.18 Å². The highest BCUT2D eigenvalue weighted by atomic mass is 19.1. The molecule has 0 atom stereocenters. The smallest absolute Gasteiger partial charge is 0.255 e. The third-order valence-electron chi connectivity index (χ3n) is 4.58. The number of hydrogen-bond acceptors (Lipinski definition) is 3. The maximum Gasteiger partial charge on any atom is 0.255 e. The fourth-order valence-corrected chi connectivity index (χ4v) is 3.00. The monoisotopic (exact) mass is 340 g/mol. The summed E-state index contributed by atoms with van der Waals surface area (Å²) in [6.07, 6.45) is 2.21. The van der Waals surface area contributed by atoms with Gasteiger partial charge in [-0.1, -0.05) is 24.3 Å². The van der Waals surface area contributed by atoms with Crippen LogP contribution in [0.3, 0.4) is 0 Å². The average Bonchev–Trinajstić information content (AvgIpc) is 3.39. The zero-order valence-electron chi connectivity index (χ0n) is 14.0. The predicted molar refractivity (Wildman–Crippen MR) is 93.0 cm³/mol. The van der Waals surface area contributed by atoms with E-state index in [1.54, 1.807) is 12.1 Å². The van der Waals surface area contributed by atoms with Crippen LogP contribution < -0.4 is 10.1 Å². The predicted octanol–water partition coefficient (Wildman–Crippen LogP) is 2.98. The number of nitrogens with zero attached hydrogens (tertiary/aromatic N) is 1. The number of halogens is 1. The maximum atomic E-state index is 12.9. The molecular formula is C20H21FN2O2. The molecule has 2 aromatic carbocycles. The van der Waals surface area contributed by atoms with Gasteiger partial charge in [-0.2, -0.15) is 0 Å². The SMILES string of the molecule is O=C(NC1CC1)c1ccccc1OC1CN(Cc2ccc(F)cc2)C1. The van der Waals surface area contributed by atoms with Gasteiger partial charge in [0.1, 0.15) is 17.7 Å². The number of carbonyl (C=O) groups excluding carboxylic acids is 1. The maximum absolute atomic E-state index is 12.9. The van der Waals surface area contributed by atoms with Crippen molar-refractivity contribution in [3.8, 4) is 5.75 Å². The molecule has 130 valence electrons.